The van der Waals surface area contributed by atoms with Gasteiger partial charge in [-0.3, -0.25) is 14.7 Å². The van der Waals surface area contributed by atoms with E-state index >= 15 is 0 Å². The Labute approximate surface area is 136 Å². The van der Waals surface area contributed by atoms with E-state index in [0.29, 0.717) is 6.54 Å². The summed E-state index contributed by atoms with van der Waals surface area (Å²) >= 11 is 0. The van der Waals surface area contributed by atoms with E-state index in [4.69, 9.17) is 0 Å². The van der Waals surface area contributed by atoms with Crippen molar-refractivity contribution in [3.05, 3.63) is 48.9 Å². The lowest BCUT2D eigenvalue weighted by Gasteiger charge is -2.35. The van der Waals surface area contributed by atoms with Crippen LogP contribution in [0.1, 0.15) is 0 Å². The molecule has 120 valence electrons. The monoisotopic (exact) mass is 311 g/mol. The molecule has 0 bridgehead atoms. The van der Waals surface area contributed by atoms with Crippen molar-refractivity contribution in [2.24, 2.45) is 0 Å². The van der Waals surface area contributed by atoms with E-state index in [1.807, 2.05) is 37.4 Å². The summed E-state index contributed by atoms with van der Waals surface area (Å²) in [6, 6.07) is 9.74. The van der Waals surface area contributed by atoms with Crippen molar-refractivity contribution in [3.8, 4) is 0 Å². The van der Waals surface area contributed by atoms with Crippen molar-refractivity contribution < 1.29 is 4.79 Å². The molecule has 0 saturated carbocycles. The molecule has 6 heteroatoms. The van der Waals surface area contributed by atoms with Gasteiger partial charge in [0.1, 0.15) is 5.82 Å². The number of para-hydroxylation sites is 1. The number of anilines is 2. The van der Waals surface area contributed by atoms with E-state index in [9.17, 15) is 4.79 Å². The first-order chi connectivity index (χ1) is 11.2. The third-order valence-electron chi connectivity index (χ3n) is 4.12. The van der Waals surface area contributed by atoms with Gasteiger partial charge >= 0.3 is 0 Å². The van der Waals surface area contributed by atoms with Crippen LogP contribution in [0.15, 0.2) is 48.9 Å². The molecule has 0 unspecified atom stereocenters. The molecule has 1 aromatic heterocycles. The Hall–Kier alpha value is -2.47. The van der Waals surface area contributed by atoms with E-state index < -0.39 is 0 Å². The second-order valence-corrected chi connectivity index (χ2v) is 5.62. The lowest BCUT2D eigenvalue weighted by molar-refractivity contribution is -0.119. The SMILES string of the molecule is CN(C(=O)CN1CCN(c2cnccn2)CC1)c1ccccc1. The van der Waals surface area contributed by atoms with Gasteiger partial charge in [0, 0.05) is 51.3 Å². The maximum absolute atomic E-state index is 12.4. The normalized spacial score (nSPS) is 15.4. The molecule has 1 saturated heterocycles. The molecule has 0 N–H and O–H groups in total. The van der Waals surface area contributed by atoms with Crippen molar-refractivity contribution in [2.45, 2.75) is 0 Å². The molecule has 1 aliphatic rings. The van der Waals surface area contributed by atoms with Crippen LogP contribution in [0.5, 0.6) is 0 Å². The highest BCUT2D eigenvalue weighted by Crippen LogP contribution is 2.14. The van der Waals surface area contributed by atoms with Gasteiger partial charge in [-0.05, 0) is 12.1 Å². The number of benzene rings is 1. The minimum Gasteiger partial charge on any atom is -0.353 e. The Morgan fingerprint density at radius 1 is 1.13 bits per heavy atom. The molecular weight excluding hydrogens is 290 g/mol. The fourth-order valence-corrected chi connectivity index (χ4v) is 2.68. The van der Waals surface area contributed by atoms with E-state index in [-0.39, 0.29) is 5.91 Å². The first-order valence-electron chi connectivity index (χ1n) is 7.79. The molecule has 1 aromatic carbocycles. The van der Waals surface area contributed by atoms with Crippen LogP contribution in [-0.4, -0.2) is 60.5 Å². The Morgan fingerprint density at radius 2 is 1.87 bits per heavy atom. The van der Waals surface area contributed by atoms with Crippen LogP contribution in [0.4, 0.5) is 11.5 Å². The molecule has 2 aromatic rings. The first-order valence-corrected chi connectivity index (χ1v) is 7.79. The fraction of sp³-hybridized carbons (Fsp3) is 0.353. The summed E-state index contributed by atoms with van der Waals surface area (Å²) in [5.74, 6) is 1.02. The number of hydrogen-bond acceptors (Lipinski definition) is 5. The number of nitrogens with zero attached hydrogens (tertiary/aromatic N) is 5. The average Bonchev–Trinajstić information content (AvgIpc) is 2.63. The molecular formula is C17H21N5O. The van der Waals surface area contributed by atoms with Crippen LogP contribution < -0.4 is 9.80 Å². The second kappa shape index (κ2) is 7.19. The first kappa shape index (κ1) is 15.4. The number of amides is 1. The van der Waals surface area contributed by atoms with Crippen molar-refractivity contribution in [1.82, 2.24) is 14.9 Å². The number of rotatable bonds is 4. The summed E-state index contributed by atoms with van der Waals surface area (Å²) in [6.45, 7) is 3.87. The number of hydrogen-bond donors (Lipinski definition) is 0. The van der Waals surface area contributed by atoms with Crippen molar-refractivity contribution in [3.63, 3.8) is 0 Å². The predicted molar refractivity (Wildman–Crippen MR) is 90.5 cm³/mol. The lowest BCUT2D eigenvalue weighted by atomic mass is 10.2. The average molecular weight is 311 g/mol. The number of likely N-dealkylation sites (N-methyl/N-ethyl adjacent to an activating group) is 1. The zero-order chi connectivity index (χ0) is 16.1. The van der Waals surface area contributed by atoms with Crippen molar-refractivity contribution in [1.29, 1.82) is 0 Å². The van der Waals surface area contributed by atoms with Gasteiger partial charge < -0.3 is 9.80 Å². The van der Waals surface area contributed by atoms with Crippen LogP contribution in [0.25, 0.3) is 0 Å². The van der Waals surface area contributed by atoms with E-state index in [0.717, 1.165) is 37.7 Å². The molecule has 3 rings (SSSR count). The van der Waals surface area contributed by atoms with E-state index in [2.05, 4.69) is 19.8 Å². The summed E-state index contributed by atoms with van der Waals surface area (Å²) in [5.41, 5.74) is 0.927. The van der Waals surface area contributed by atoms with Gasteiger partial charge in [-0.1, -0.05) is 18.2 Å². The molecule has 2 heterocycles. The second-order valence-electron chi connectivity index (χ2n) is 5.62. The number of carbonyl (C=O) groups excluding carboxylic acids is 1. The molecule has 0 spiro atoms. The van der Waals surface area contributed by atoms with Crippen LogP contribution in [-0.2, 0) is 4.79 Å². The van der Waals surface area contributed by atoms with Gasteiger partial charge in [-0.15, -0.1) is 0 Å². The smallest absolute Gasteiger partial charge is 0.240 e. The fourth-order valence-electron chi connectivity index (χ4n) is 2.68. The molecule has 0 radical (unpaired) electrons. The largest absolute Gasteiger partial charge is 0.353 e. The molecule has 6 nitrogen and oxygen atoms in total. The summed E-state index contributed by atoms with van der Waals surface area (Å²) < 4.78 is 0. The number of carbonyl (C=O) groups is 1. The van der Waals surface area contributed by atoms with Gasteiger partial charge in [0.15, 0.2) is 0 Å². The van der Waals surface area contributed by atoms with Crippen LogP contribution in [0.2, 0.25) is 0 Å². The highest BCUT2D eigenvalue weighted by Gasteiger charge is 2.21. The highest BCUT2D eigenvalue weighted by atomic mass is 16.2. The lowest BCUT2D eigenvalue weighted by Crippen LogP contribution is -2.50. The Balaban J connectivity index is 1.52. The van der Waals surface area contributed by atoms with Crippen LogP contribution in [0.3, 0.4) is 0 Å². The van der Waals surface area contributed by atoms with Gasteiger partial charge in [-0.25, -0.2) is 4.98 Å². The molecule has 1 amide bonds. The Bertz CT molecular complexity index is 626. The standard InChI is InChI=1S/C17H21N5O/c1-20(15-5-3-2-4-6-15)17(23)14-21-9-11-22(12-10-21)16-13-18-7-8-19-16/h2-8,13H,9-12,14H2,1H3. The third-order valence-corrected chi connectivity index (χ3v) is 4.12. The third kappa shape index (κ3) is 3.84. The van der Waals surface area contributed by atoms with Gasteiger partial charge in [0.05, 0.1) is 12.7 Å². The van der Waals surface area contributed by atoms with Gasteiger partial charge in [0.25, 0.3) is 0 Å². The minimum absolute atomic E-state index is 0.115. The summed E-state index contributed by atoms with van der Waals surface area (Å²) in [6.07, 6.45) is 5.17. The molecule has 1 aliphatic heterocycles. The van der Waals surface area contributed by atoms with Crippen LogP contribution >= 0.6 is 0 Å². The quantitative estimate of drug-likeness (QED) is 0.851. The van der Waals surface area contributed by atoms with Crippen LogP contribution in [0, 0.1) is 0 Å². The Kier molecular flexibility index (Phi) is 4.83. The predicted octanol–water partition coefficient (Wildman–Crippen LogP) is 1.26. The number of piperazine rings is 1. The maximum Gasteiger partial charge on any atom is 0.240 e. The topological polar surface area (TPSA) is 52.6 Å². The molecule has 1 fully saturated rings. The molecule has 23 heavy (non-hydrogen) atoms. The van der Waals surface area contributed by atoms with Gasteiger partial charge in [-0.2, -0.15) is 0 Å². The van der Waals surface area contributed by atoms with Crippen molar-refractivity contribution >= 4 is 17.4 Å². The highest BCUT2D eigenvalue weighted by molar-refractivity contribution is 5.94. The summed E-state index contributed by atoms with van der Waals surface area (Å²) in [4.78, 5) is 27.0. The maximum atomic E-state index is 12.4. The molecule has 0 atom stereocenters. The van der Waals surface area contributed by atoms with Crippen molar-refractivity contribution in [2.75, 3.05) is 49.6 Å². The molecule has 0 aliphatic carbocycles. The van der Waals surface area contributed by atoms with E-state index in [1.54, 1.807) is 23.5 Å². The zero-order valence-electron chi connectivity index (χ0n) is 13.3. The summed E-state index contributed by atoms with van der Waals surface area (Å²) in [7, 11) is 1.83. The Morgan fingerprint density at radius 3 is 2.52 bits per heavy atom. The zero-order valence-corrected chi connectivity index (χ0v) is 13.3. The number of aromatic nitrogens is 2. The van der Waals surface area contributed by atoms with E-state index in [1.165, 1.54) is 0 Å². The summed E-state index contributed by atoms with van der Waals surface area (Å²) in [5, 5.41) is 0. The minimum atomic E-state index is 0.115. The van der Waals surface area contributed by atoms with Gasteiger partial charge in [0.2, 0.25) is 5.91 Å².